The van der Waals surface area contributed by atoms with Gasteiger partial charge in [0, 0.05) is 37.8 Å². The number of rotatable bonds is 6. The van der Waals surface area contributed by atoms with Crippen LogP contribution in [0, 0.1) is 10.1 Å². The molecule has 6 heteroatoms. The number of nitro groups is 1. The predicted molar refractivity (Wildman–Crippen MR) is 79.5 cm³/mol. The molecule has 0 aliphatic heterocycles. The Morgan fingerprint density at radius 2 is 2.14 bits per heavy atom. The summed E-state index contributed by atoms with van der Waals surface area (Å²) in [5, 5.41) is 13.9. The van der Waals surface area contributed by atoms with Gasteiger partial charge in [0.25, 0.3) is 5.69 Å². The first-order valence-electron chi connectivity index (χ1n) is 7.25. The Labute approximate surface area is 124 Å². The van der Waals surface area contributed by atoms with E-state index in [2.05, 4.69) is 5.32 Å². The fourth-order valence-corrected chi connectivity index (χ4v) is 2.73. The molecular formula is C15H22N2O4. The van der Waals surface area contributed by atoms with Crippen molar-refractivity contribution in [1.82, 2.24) is 5.32 Å². The Hall–Kier alpha value is -1.66. The van der Waals surface area contributed by atoms with Gasteiger partial charge < -0.3 is 14.8 Å². The molecule has 116 valence electrons. The van der Waals surface area contributed by atoms with Gasteiger partial charge in [0.2, 0.25) is 0 Å². The Kier molecular flexibility index (Phi) is 5.52. The van der Waals surface area contributed by atoms with E-state index in [1.165, 1.54) is 6.07 Å². The second kappa shape index (κ2) is 7.38. The zero-order valence-electron chi connectivity index (χ0n) is 12.5. The number of nitrogens with one attached hydrogen (secondary N) is 1. The number of non-ortho nitro benzene ring substituents is 1. The van der Waals surface area contributed by atoms with Crippen molar-refractivity contribution in [2.24, 2.45) is 0 Å². The maximum atomic E-state index is 10.9. The second-order valence-electron chi connectivity index (χ2n) is 5.34. The van der Waals surface area contributed by atoms with Crippen LogP contribution in [0.5, 0.6) is 5.75 Å². The first-order chi connectivity index (χ1) is 10.1. The van der Waals surface area contributed by atoms with E-state index in [-0.39, 0.29) is 22.8 Å². The lowest BCUT2D eigenvalue weighted by Gasteiger charge is -2.29. The largest absolute Gasteiger partial charge is 0.490 e. The maximum absolute atomic E-state index is 10.9. The lowest BCUT2D eigenvalue weighted by Crippen LogP contribution is -2.29. The van der Waals surface area contributed by atoms with Crippen LogP contribution in [0.4, 0.5) is 5.69 Å². The lowest BCUT2D eigenvalue weighted by molar-refractivity contribution is -0.384. The van der Waals surface area contributed by atoms with Crippen LogP contribution >= 0.6 is 0 Å². The standard InChI is InChI=1S/C15H22N2O4/c1-16-10-11-8-12(17(18)19)6-7-15(11)21-14-5-3-4-13(9-14)20-2/h6-8,13-14,16H,3-5,9-10H2,1-2H3. The first-order valence-corrected chi connectivity index (χ1v) is 7.25. The average molecular weight is 294 g/mol. The second-order valence-corrected chi connectivity index (χ2v) is 5.34. The molecule has 0 saturated heterocycles. The van der Waals surface area contributed by atoms with Gasteiger partial charge in [-0.1, -0.05) is 0 Å². The predicted octanol–water partition coefficient (Wildman–Crippen LogP) is 2.65. The summed E-state index contributed by atoms with van der Waals surface area (Å²) >= 11 is 0. The molecule has 1 fully saturated rings. The van der Waals surface area contributed by atoms with Gasteiger partial charge in [-0.2, -0.15) is 0 Å². The van der Waals surface area contributed by atoms with E-state index >= 15 is 0 Å². The third-order valence-electron chi connectivity index (χ3n) is 3.83. The number of benzene rings is 1. The summed E-state index contributed by atoms with van der Waals surface area (Å²) in [5.41, 5.74) is 0.900. The number of nitrogens with zero attached hydrogens (tertiary/aromatic N) is 1. The third-order valence-corrected chi connectivity index (χ3v) is 3.83. The third kappa shape index (κ3) is 4.15. The summed E-state index contributed by atoms with van der Waals surface area (Å²) in [7, 11) is 3.54. The molecule has 1 aliphatic carbocycles. The Bertz CT molecular complexity index is 493. The molecular weight excluding hydrogens is 272 g/mol. The van der Waals surface area contributed by atoms with E-state index in [1.54, 1.807) is 19.2 Å². The minimum atomic E-state index is -0.384. The molecule has 2 atom stereocenters. The molecule has 21 heavy (non-hydrogen) atoms. The van der Waals surface area contributed by atoms with Crippen LogP contribution in [0.3, 0.4) is 0 Å². The van der Waals surface area contributed by atoms with Gasteiger partial charge in [-0.05, 0) is 32.4 Å². The van der Waals surface area contributed by atoms with Crippen molar-refractivity contribution in [2.75, 3.05) is 14.2 Å². The highest BCUT2D eigenvalue weighted by molar-refractivity contribution is 5.44. The molecule has 1 aromatic carbocycles. The summed E-state index contributed by atoms with van der Waals surface area (Å²) in [6.07, 6.45) is 4.37. The van der Waals surface area contributed by atoms with Crippen molar-refractivity contribution in [3.05, 3.63) is 33.9 Å². The van der Waals surface area contributed by atoms with E-state index in [0.717, 1.165) is 37.0 Å². The molecule has 1 aliphatic rings. The van der Waals surface area contributed by atoms with Crippen molar-refractivity contribution >= 4 is 5.69 Å². The van der Waals surface area contributed by atoms with Crippen molar-refractivity contribution < 1.29 is 14.4 Å². The van der Waals surface area contributed by atoms with Crippen LogP contribution in [-0.2, 0) is 11.3 Å². The number of hydrogen-bond donors (Lipinski definition) is 1. The lowest BCUT2D eigenvalue weighted by atomic mass is 9.95. The highest BCUT2D eigenvalue weighted by Gasteiger charge is 2.24. The molecule has 0 heterocycles. The van der Waals surface area contributed by atoms with Crippen LogP contribution in [0.15, 0.2) is 18.2 Å². The smallest absolute Gasteiger partial charge is 0.270 e. The minimum absolute atomic E-state index is 0.0889. The molecule has 1 N–H and O–H groups in total. The molecule has 2 unspecified atom stereocenters. The van der Waals surface area contributed by atoms with E-state index in [0.29, 0.717) is 6.54 Å². The molecule has 0 amide bonds. The summed E-state index contributed by atoms with van der Waals surface area (Å²) in [6, 6.07) is 4.76. The summed E-state index contributed by atoms with van der Waals surface area (Å²) < 4.78 is 11.5. The van der Waals surface area contributed by atoms with Gasteiger partial charge in [-0.15, -0.1) is 0 Å². The Morgan fingerprint density at radius 3 is 2.81 bits per heavy atom. The molecule has 2 rings (SSSR count). The molecule has 1 aromatic rings. The van der Waals surface area contributed by atoms with Crippen LogP contribution in [-0.4, -0.2) is 31.3 Å². The van der Waals surface area contributed by atoms with Crippen molar-refractivity contribution in [2.45, 2.75) is 44.4 Å². The van der Waals surface area contributed by atoms with Crippen molar-refractivity contribution in [3.8, 4) is 5.75 Å². The van der Waals surface area contributed by atoms with Crippen LogP contribution in [0.1, 0.15) is 31.2 Å². The van der Waals surface area contributed by atoms with E-state index in [1.807, 2.05) is 7.05 Å². The summed E-state index contributed by atoms with van der Waals surface area (Å²) in [6.45, 7) is 0.539. The fraction of sp³-hybridized carbons (Fsp3) is 0.600. The average Bonchev–Trinajstić information content (AvgIpc) is 2.49. The number of ether oxygens (including phenoxy) is 2. The molecule has 6 nitrogen and oxygen atoms in total. The molecule has 0 radical (unpaired) electrons. The van der Waals surface area contributed by atoms with Crippen molar-refractivity contribution in [3.63, 3.8) is 0 Å². The van der Waals surface area contributed by atoms with Gasteiger partial charge in [0.15, 0.2) is 0 Å². The Morgan fingerprint density at radius 1 is 1.38 bits per heavy atom. The fourth-order valence-electron chi connectivity index (χ4n) is 2.73. The number of hydrogen-bond acceptors (Lipinski definition) is 5. The van der Waals surface area contributed by atoms with Crippen LogP contribution in [0.25, 0.3) is 0 Å². The first kappa shape index (κ1) is 15.7. The van der Waals surface area contributed by atoms with Crippen molar-refractivity contribution in [1.29, 1.82) is 0 Å². The summed E-state index contributed by atoms with van der Waals surface area (Å²) in [4.78, 5) is 10.5. The maximum Gasteiger partial charge on any atom is 0.270 e. The quantitative estimate of drug-likeness (QED) is 0.645. The van der Waals surface area contributed by atoms with E-state index in [9.17, 15) is 10.1 Å². The molecule has 0 bridgehead atoms. The van der Waals surface area contributed by atoms with E-state index in [4.69, 9.17) is 9.47 Å². The number of methoxy groups -OCH3 is 1. The van der Waals surface area contributed by atoms with Gasteiger partial charge in [0.05, 0.1) is 11.0 Å². The molecule has 0 aromatic heterocycles. The highest BCUT2D eigenvalue weighted by atomic mass is 16.6. The van der Waals surface area contributed by atoms with Crippen LogP contribution < -0.4 is 10.1 Å². The van der Waals surface area contributed by atoms with Crippen LogP contribution in [0.2, 0.25) is 0 Å². The topological polar surface area (TPSA) is 73.6 Å². The molecule has 1 saturated carbocycles. The minimum Gasteiger partial charge on any atom is -0.490 e. The van der Waals surface area contributed by atoms with Gasteiger partial charge >= 0.3 is 0 Å². The monoisotopic (exact) mass is 294 g/mol. The van der Waals surface area contributed by atoms with E-state index < -0.39 is 0 Å². The van der Waals surface area contributed by atoms with Gasteiger partial charge in [-0.3, -0.25) is 10.1 Å². The highest BCUT2D eigenvalue weighted by Crippen LogP contribution is 2.29. The Balaban J connectivity index is 2.12. The summed E-state index contributed by atoms with van der Waals surface area (Å²) in [5.74, 6) is 0.719. The number of nitro benzene ring substituents is 1. The molecule has 0 spiro atoms. The van der Waals surface area contributed by atoms with Gasteiger partial charge in [-0.25, -0.2) is 0 Å². The zero-order valence-corrected chi connectivity index (χ0v) is 12.5. The van der Waals surface area contributed by atoms with Gasteiger partial charge in [0.1, 0.15) is 11.9 Å². The normalized spacial score (nSPS) is 22.0. The zero-order chi connectivity index (χ0) is 15.2. The SMILES string of the molecule is CNCc1cc([N+](=O)[O-])ccc1OC1CCCC(OC)C1.